The highest BCUT2D eigenvalue weighted by Crippen LogP contribution is 2.31. The van der Waals surface area contributed by atoms with Gasteiger partial charge in [0.25, 0.3) is 0 Å². The van der Waals surface area contributed by atoms with Crippen LogP contribution >= 0.6 is 23.2 Å². The van der Waals surface area contributed by atoms with E-state index in [1.54, 1.807) is 18.2 Å². The molecule has 0 bridgehead atoms. The van der Waals surface area contributed by atoms with E-state index in [4.69, 9.17) is 33.0 Å². The van der Waals surface area contributed by atoms with Gasteiger partial charge in [-0.05, 0) is 54.8 Å². The van der Waals surface area contributed by atoms with E-state index in [0.29, 0.717) is 22.1 Å². The molecule has 0 fully saturated rings. The van der Waals surface area contributed by atoms with Crippen LogP contribution < -0.4 is 4.74 Å². The molecule has 0 radical (unpaired) electrons. The van der Waals surface area contributed by atoms with E-state index >= 15 is 0 Å². The molecule has 0 unspecified atom stereocenters. The van der Waals surface area contributed by atoms with E-state index < -0.39 is 0 Å². The molecule has 2 aromatic rings. The summed E-state index contributed by atoms with van der Waals surface area (Å²) in [6.07, 6.45) is 0. The van der Waals surface area contributed by atoms with Gasteiger partial charge in [-0.3, -0.25) is 0 Å². The number of hydrogen-bond acceptors (Lipinski definition) is 2. The van der Waals surface area contributed by atoms with E-state index in [-0.39, 0.29) is 6.61 Å². The molecule has 4 heteroatoms. The van der Waals surface area contributed by atoms with E-state index in [0.717, 1.165) is 16.1 Å². The third-order valence-electron chi connectivity index (χ3n) is 2.84. The average molecular weight is 297 g/mol. The van der Waals surface area contributed by atoms with Gasteiger partial charge in [0.1, 0.15) is 11.5 Å². The number of benzene rings is 2. The van der Waals surface area contributed by atoms with Crippen molar-refractivity contribution >= 4 is 23.2 Å². The van der Waals surface area contributed by atoms with Gasteiger partial charge in [-0.1, -0.05) is 29.3 Å². The first-order chi connectivity index (χ1) is 9.01. The fourth-order valence-electron chi connectivity index (χ4n) is 1.82. The largest absolute Gasteiger partial charge is 0.457 e. The zero-order valence-electron chi connectivity index (χ0n) is 10.7. The maximum Gasteiger partial charge on any atom is 0.128 e. The molecule has 0 aliphatic heterocycles. The zero-order valence-corrected chi connectivity index (χ0v) is 12.2. The molecule has 19 heavy (non-hydrogen) atoms. The second-order valence-corrected chi connectivity index (χ2v) is 5.17. The van der Waals surface area contributed by atoms with Crippen LogP contribution in [0.2, 0.25) is 10.0 Å². The molecule has 0 saturated heterocycles. The lowest BCUT2D eigenvalue weighted by Gasteiger charge is -2.10. The Hall–Kier alpha value is -1.22. The van der Waals surface area contributed by atoms with Crippen LogP contribution in [-0.4, -0.2) is 5.11 Å². The van der Waals surface area contributed by atoms with Crippen LogP contribution in [-0.2, 0) is 6.61 Å². The summed E-state index contributed by atoms with van der Waals surface area (Å²) in [5.74, 6) is 1.34. The predicted molar refractivity (Wildman–Crippen MR) is 78.4 cm³/mol. The molecule has 0 atom stereocenters. The number of ether oxygens (including phenoxy) is 1. The molecule has 0 spiro atoms. The Morgan fingerprint density at radius 2 is 1.63 bits per heavy atom. The monoisotopic (exact) mass is 296 g/mol. The standard InChI is InChI=1S/C15H14Cl2O2/c1-9-5-13(6-10(2)15(9)17)19-12-4-3-11(8-18)14(16)7-12/h3-7,18H,8H2,1-2H3. The third kappa shape index (κ3) is 3.21. The van der Waals surface area contributed by atoms with E-state index in [9.17, 15) is 0 Å². The summed E-state index contributed by atoms with van der Waals surface area (Å²) in [6, 6.07) is 8.96. The van der Waals surface area contributed by atoms with Gasteiger partial charge in [-0.15, -0.1) is 0 Å². The van der Waals surface area contributed by atoms with E-state index in [2.05, 4.69) is 0 Å². The van der Waals surface area contributed by atoms with Crippen LogP contribution in [0.5, 0.6) is 11.5 Å². The summed E-state index contributed by atoms with van der Waals surface area (Å²) in [6.45, 7) is 3.78. The lowest BCUT2D eigenvalue weighted by atomic mass is 10.1. The molecule has 2 nitrogen and oxygen atoms in total. The van der Waals surface area contributed by atoms with Crippen LogP contribution in [0.3, 0.4) is 0 Å². The van der Waals surface area contributed by atoms with Crippen molar-refractivity contribution in [2.75, 3.05) is 0 Å². The van der Waals surface area contributed by atoms with Crippen LogP contribution in [0.1, 0.15) is 16.7 Å². The summed E-state index contributed by atoms with van der Waals surface area (Å²) in [5, 5.41) is 10.3. The highest BCUT2D eigenvalue weighted by molar-refractivity contribution is 6.32. The summed E-state index contributed by atoms with van der Waals surface area (Å²) < 4.78 is 5.75. The number of hydrogen-bond donors (Lipinski definition) is 1. The zero-order chi connectivity index (χ0) is 14.0. The number of aliphatic hydroxyl groups is 1. The minimum absolute atomic E-state index is 0.0850. The molecule has 0 saturated carbocycles. The van der Waals surface area contributed by atoms with Crippen LogP contribution in [0.15, 0.2) is 30.3 Å². The second-order valence-electron chi connectivity index (χ2n) is 4.38. The first-order valence-corrected chi connectivity index (χ1v) is 6.60. The molecular weight excluding hydrogens is 283 g/mol. The number of aryl methyl sites for hydroxylation is 2. The van der Waals surface area contributed by atoms with Gasteiger partial charge in [0.15, 0.2) is 0 Å². The van der Waals surface area contributed by atoms with Gasteiger partial charge in [-0.2, -0.15) is 0 Å². The summed E-state index contributed by atoms with van der Waals surface area (Å²) in [4.78, 5) is 0. The highest BCUT2D eigenvalue weighted by Gasteiger charge is 2.06. The maximum absolute atomic E-state index is 9.06. The van der Waals surface area contributed by atoms with Crippen molar-refractivity contribution < 1.29 is 9.84 Å². The smallest absolute Gasteiger partial charge is 0.128 e. The predicted octanol–water partition coefficient (Wildman–Crippen LogP) is 4.89. The van der Waals surface area contributed by atoms with Gasteiger partial charge in [0.2, 0.25) is 0 Å². The van der Waals surface area contributed by atoms with Crippen molar-refractivity contribution in [2.45, 2.75) is 20.5 Å². The second kappa shape index (κ2) is 5.83. The van der Waals surface area contributed by atoms with Crippen molar-refractivity contribution in [1.82, 2.24) is 0 Å². The fraction of sp³-hybridized carbons (Fsp3) is 0.200. The molecule has 2 rings (SSSR count). The van der Waals surface area contributed by atoms with Crippen molar-refractivity contribution in [2.24, 2.45) is 0 Å². The maximum atomic E-state index is 9.06. The summed E-state index contributed by atoms with van der Waals surface area (Å²) in [5.41, 5.74) is 2.61. The molecule has 0 aliphatic carbocycles. The highest BCUT2D eigenvalue weighted by atomic mass is 35.5. The molecule has 0 aromatic heterocycles. The van der Waals surface area contributed by atoms with Gasteiger partial charge in [0, 0.05) is 10.0 Å². The molecule has 2 aromatic carbocycles. The number of halogens is 2. The SMILES string of the molecule is Cc1cc(Oc2ccc(CO)c(Cl)c2)cc(C)c1Cl. The molecule has 0 amide bonds. The number of rotatable bonds is 3. The van der Waals surface area contributed by atoms with Crippen molar-refractivity contribution in [3.05, 3.63) is 57.1 Å². The summed E-state index contributed by atoms with van der Waals surface area (Å²) >= 11 is 12.1. The van der Waals surface area contributed by atoms with Gasteiger partial charge < -0.3 is 9.84 Å². The quantitative estimate of drug-likeness (QED) is 0.873. The fourth-order valence-corrected chi connectivity index (χ4v) is 2.16. The molecule has 100 valence electrons. The average Bonchev–Trinajstić information content (AvgIpc) is 2.36. The van der Waals surface area contributed by atoms with Crippen LogP contribution in [0.4, 0.5) is 0 Å². The Bertz CT molecular complexity index is 586. The van der Waals surface area contributed by atoms with Crippen LogP contribution in [0.25, 0.3) is 0 Å². The van der Waals surface area contributed by atoms with Crippen molar-refractivity contribution in [3.63, 3.8) is 0 Å². The number of aliphatic hydroxyl groups excluding tert-OH is 1. The normalized spacial score (nSPS) is 10.6. The lowest BCUT2D eigenvalue weighted by Crippen LogP contribution is -1.90. The van der Waals surface area contributed by atoms with E-state index in [1.165, 1.54) is 0 Å². The molecular formula is C15H14Cl2O2. The Kier molecular flexibility index (Phi) is 4.35. The van der Waals surface area contributed by atoms with Gasteiger partial charge in [-0.25, -0.2) is 0 Å². The van der Waals surface area contributed by atoms with E-state index in [1.807, 2.05) is 26.0 Å². The lowest BCUT2D eigenvalue weighted by molar-refractivity contribution is 0.282. The first-order valence-electron chi connectivity index (χ1n) is 5.85. The third-order valence-corrected chi connectivity index (χ3v) is 3.79. The van der Waals surface area contributed by atoms with Crippen molar-refractivity contribution in [1.29, 1.82) is 0 Å². The minimum Gasteiger partial charge on any atom is -0.457 e. The topological polar surface area (TPSA) is 29.5 Å². The molecule has 1 N–H and O–H groups in total. The minimum atomic E-state index is -0.0850. The molecule has 0 heterocycles. The first kappa shape index (κ1) is 14.2. The van der Waals surface area contributed by atoms with Gasteiger partial charge >= 0.3 is 0 Å². The Labute approximate surface area is 122 Å². The Balaban J connectivity index is 2.29. The Morgan fingerprint density at radius 1 is 1.00 bits per heavy atom. The van der Waals surface area contributed by atoms with Gasteiger partial charge in [0.05, 0.1) is 6.61 Å². The van der Waals surface area contributed by atoms with Crippen LogP contribution in [0, 0.1) is 13.8 Å². The molecule has 0 aliphatic rings. The Morgan fingerprint density at radius 3 is 2.16 bits per heavy atom. The summed E-state index contributed by atoms with van der Waals surface area (Å²) in [7, 11) is 0. The van der Waals surface area contributed by atoms with Crippen molar-refractivity contribution in [3.8, 4) is 11.5 Å².